The molecule has 1 saturated heterocycles. The third kappa shape index (κ3) is 3.13. The van der Waals surface area contributed by atoms with Crippen LogP contribution in [0.15, 0.2) is 18.5 Å². The number of aromatic nitrogens is 1. The highest BCUT2D eigenvalue weighted by atomic mass is 35.5. The molecule has 5 heteroatoms. The molecule has 1 aliphatic rings. The van der Waals surface area contributed by atoms with Crippen LogP contribution in [0, 0.1) is 0 Å². The maximum Gasteiger partial charge on any atom is 0.222 e. The molecule has 1 aromatic heterocycles. The number of pyridine rings is 1. The number of nitrogens with zero attached hydrogens (tertiary/aromatic N) is 2. The topological polar surface area (TPSA) is 42.4 Å². The fourth-order valence-electron chi connectivity index (χ4n) is 2.12. The summed E-state index contributed by atoms with van der Waals surface area (Å²) in [5.74, 6) is 0.826. The molecule has 0 spiro atoms. The molecule has 4 nitrogen and oxygen atoms in total. The molecule has 1 aromatic rings. The lowest BCUT2D eigenvalue weighted by molar-refractivity contribution is -0.133. The highest BCUT2D eigenvalue weighted by Crippen LogP contribution is 2.25. The van der Waals surface area contributed by atoms with Gasteiger partial charge in [-0.3, -0.25) is 9.78 Å². The minimum atomic E-state index is 0.0224. The lowest BCUT2D eigenvalue weighted by Crippen LogP contribution is -2.44. The van der Waals surface area contributed by atoms with Crippen LogP contribution in [0.4, 0.5) is 0 Å². The van der Waals surface area contributed by atoms with E-state index in [-0.39, 0.29) is 12.0 Å². The molecule has 0 radical (unpaired) electrons. The molecule has 0 aliphatic carbocycles. The number of amides is 1. The first-order valence-corrected chi connectivity index (χ1v) is 6.62. The van der Waals surface area contributed by atoms with Crippen molar-refractivity contribution >= 4 is 17.5 Å². The molecular weight excluding hydrogens is 252 g/mol. The van der Waals surface area contributed by atoms with Crippen molar-refractivity contribution < 1.29 is 9.53 Å². The Bertz CT molecular complexity index is 425. The average Bonchev–Trinajstić information content (AvgIpc) is 2.41. The monoisotopic (exact) mass is 268 g/mol. The Morgan fingerprint density at radius 1 is 1.67 bits per heavy atom. The number of ether oxygens (including phenoxy) is 1. The number of carbonyl (C=O) groups excluding carboxylic acids is 1. The minimum Gasteiger partial charge on any atom is -0.487 e. The first kappa shape index (κ1) is 13.1. The van der Waals surface area contributed by atoms with Crippen molar-refractivity contribution in [2.45, 2.75) is 32.3 Å². The van der Waals surface area contributed by atoms with Crippen LogP contribution in [0.3, 0.4) is 0 Å². The van der Waals surface area contributed by atoms with Crippen molar-refractivity contribution in [1.82, 2.24) is 9.88 Å². The molecule has 2 rings (SSSR count). The number of rotatable bonds is 3. The molecule has 18 heavy (non-hydrogen) atoms. The molecule has 1 amide bonds. The van der Waals surface area contributed by atoms with E-state index < -0.39 is 0 Å². The summed E-state index contributed by atoms with van der Waals surface area (Å²) in [6, 6.07) is 1.75. The highest BCUT2D eigenvalue weighted by Gasteiger charge is 2.24. The van der Waals surface area contributed by atoms with Crippen molar-refractivity contribution in [3.05, 3.63) is 23.5 Å². The summed E-state index contributed by atoms with van der Waals surface area (Å²) in [6.07, 6.45) is 5.70. The average molecular weight is 269 g/mol. The Morgan fingerprint density at radius 3 is 3.22 bits per heavy atom. The third-order valence-corrected chi connectivity index (χ3v) is 3.35. The quantitative estimate of drug-likeness (QED) is 0.846. The minimum absolute atomic E-state index is 0.0224. The van der Waals surface area contributed by atoms with Gasteiger partial charge in [-0.1, -0.05) is 18.5 Å². The zero-order valence-electron chi connectivity index (χ0n) is 10.4. The number of carbonyl (C=O) groups is 1. The predicted octanol–water partition coefficient (Wildman–Crippen LogP) is 2.51. The summed E-state index contributed by atoms with van der Waals surface area (Å²) >= 11 is 6.00. The fourth-order valence-corrected chi connectivity index (χ4v) is 2.29. The second-order valence-corrected chi connectivity index (χ2v) is 4.79. The van der Waals surface area contributed by atoms with Crippen LogP contribution in [0.1, 0.15) is 26.2 Å². The SMILES string of the molecule is CCC(=O)N1CCCC(Oc2ccncc2Cl)C1. The van der Waals surface area contributed by atoms with Gasteiger partial charge >= 0.3 is 0 Å². The van der Waals surface area contributed by atoms with Gasteiger partial charge in [0.15, 0.2) is 0 Å². The van der Waals surface area contributed by atoms with E-state index in [9.17, 15) is 4.79 Å². The largest absolute Gasteiger partial charge is 0.487 e. The summed E-state index contributed by atoms with van der Waals surface area (Å²) in [6.45, 7) is 3.36. The molecule has 1 atom stereocenters. The Labute approximate surface area is 112 Å². The van der Waals surface area contributed by atoms with Gasteiger partial charge in [0.25, 0.3) is 0 Å². The first-order chi connectivity index (χ1) is 8.70. The molecular formula is C13H17ClN2O2. The lowest BCUT2D eigenvalue weighted by Gasteiger charge is -2.32. The predicted molar refractivity (Wildman–Crippen MR) is 69.8 cm³/mol. The smallest absolute Gasteiger partial charge is 0.222 e. The van der Waals surface area contributed by atoms with Crippen LogP contribution in [0.5, 0.6) is 5.75 Å². The van der Waals surface area contributed by atoms with Crippen molar-refractivity contribution in [2.75, 3.05) is 13.1 Å². The number of hydrogen-bond acceptors (Lipinski definition) is 3. The molecule has 0 N–H and O–H groups in total. The molecule has 98 valence electrons. The van der Waals surface area contributed by atoms with Crippen molar-refractivity contribution in [2.24, 2.45) is 0 Å². The van der Waals surface area contributed by atoms with Gasteiger partial charge in [0.2, 0.25) is 5.91 Å². The zero-order chi connectivity index (χ0) is 13.0. The zero-order valence-corrected chi connectivity index (χ0v) is 11.2. The van der Waals surface area contributed by atoms with Gasteiger partial charge in [-0.2, -0.15) is 0 Å². The number of likely N-dealkylation sites (tertiary alicyclic amines) is 1. The maximum absolute atomic E-state index is 11.7. The summed E-state index contributed by atoms with van der Waals surface area (Å²) in [4.78, 5) is 17.4. The van der Waals surface area contributed by atoms with E-state index in [1.165, 1.54) is 0 Å². The Morgan fingerprint density at radius 2 is 2.50 bits per heavy atom. The van der Waals surface area contributed by atoms with Gasteiger partial charge in [-0.25, -0.2) is 0 Å². The van der Waals surface area contributed by atoms with E-state index >= 15 is 0 Å². The maximum atomic E-state index is 11.7. The van der Waals surface area contributed by atoms with E-state index in [0.29, 0.717) is 23.7 Å². The van der Waals surface area contributed by atoms with Crippen LogP contribution < -0.4 is 4.74 Å². The van der Waals surface area contributed by atoms with Gasteiger partial charge in [0.05, 0.1) is 6.54 Å². The van der Waals surface area contributed by atoms with Gasteiger partial charge in [0.1, 0.15) is 16.9 Å². The Kier molecular flexibility index (Phi) is 4.42. The van der Waals surface area contributed by atoms with E-state index in [0.717, 1.165) is 19.4 Å². The standard InChI is InChI=1S/C13H17ClN2O2/c1-2-13(17)16-7-3-4-10(9-16)18-12-5-6-15-8-11(12)14/h5-6,8,10H,2-4,7,9H2,1H3. The van der Waals surface area contributed by atoms with Crippen LogP contribution in [0.25, 0.3) is 0 Å². The summed E-state index contributed by atoms with van der Waals surface area (Å²) in [5, 5.41) is 0.511. The molecule has 2 heterocycles. The third-order valence-electron chi connectivity index (χ3n) is 3.06. The molecule has 0 saturated carbocycles. The van der Waals surface area contributed by atoms with Crippen LogP contribution in [0.2, 0.25) is 5.02 Å². The van der Waals surface area contributed by atoms with Gasteiger partial charge in [-0.15, -0.1) is 0 Å². The van der Waals surface area contributed by atoms with Crippen molar-refractivity contribution in [1.29, 1.82) is 0 Å². The molecule has 1 aliphatic heterocycles. The normalized spacial score (nSPS) is 19.7. The Balaban J connectivity index is 1.98. The van der Waals surface area contributed by atoms with Crippen LogP contribution in [-0.2, 0) is 4.79 Å². The number of halogens is 1. The van der Waals surface area contributed by atoms with Gasteiger partial charge in [0, 0.05) is 31.4 Å². The Hall–Kier alpha value is -1.29. The van der Waals surface area contributed by atoms with Gasteiger partial charge in [-0.05, 0) is 12.8 Å². The second-order valence-electron chi connectivity index (χ2n) is 4.38. The van der Waals surface area contributed by atoms with Crippen molar-refractivity contribution in [3.63, 3.8) is 0 Å². The summed E-state index contributed by atoms with van der Waals surface area (Å²) in [5.41, 5.74) is 0. The second kappa shape index (κ2) is 6.05. The highest BCUT2D eigenvalue weighted by molar-refractivity contribution is 6.31. The molecule has 1 unspecified atom stereocenters. The lowest BCUT2D eigenvalue weighted by atomic mass is 10.1. The molecule has 0 aromatic carbocycles. The fraction of sp³-hybridized carbons (Fsp3) is 0.538. The summed E-state index contributed by atoms with van der Waals surface area (Å²) in [7, 11) is 0. The van der Waals surface area contributed by atoms with Crippen molar-refractivity contribution in [3.8, 4) is 5.75 Å². The molecule has 1 fully saturated rings. The van der Waals surface area contributed by atoms with Crippen LogP contribution >= 0.6 is 11.6 Å². The van der Waals surface area contributed by atoms with E-state index in [1.807, 2.05) is 11.8 Å². The van der Waals surface area contributed by atoms with Crippen LogP contribution in [-0.4, -0.2) is 35.0 Å². The van der Waals surface area contributed by atoms with E-state index in [2.05, 4.69) is 4.98 Å². The molecule has 0 bridgehead atoms. The van der Waals surface area contributed by atoms with E-state index in [4.69, 9.17) is 16.3 Å². The summed E-state index contributed by atoms with van der Waals surface area (Å²) < 4.78 is 5.85. The van der Waals surface area contributed by atoms with E-state index in [1.54, 1.807) is 18.5 Å². The number of hydrogen-bond donors (Lipinski definition) is 0. The van der Waals surface area contributed by atoms with Gasteiger partial charge < -0.3 is 9.64 Å². The number of piperidine rings is 1. The first-order valence-electron chi connectivity index (χ1n) is 6.24.